The van der Waals surface area contributed by atoms with Gasteiger partial charge in [0, 0.05) is 10.0 Å². The van der Waals surface area contributed by atoms with Crippen molar-refractivity contribution in [3.05, 3.63) is 40.2 Å². The quantitative estimate of drug-likeness (QED) is 0.838. The lowest BCUT2D eigenvalue weighted by molar-refractivity contribution is 0.170. The minimum Gasteiger partial charge on any atom is -0.393 e. The molecule has 77 valence electrons. The predicted molar refractivity (Wildman–Crippen MR) is 60.8 cm³/mol. The van der Waals surface area contributed by atoms with Gasteiger partial charge in [-0.05, 0) is 43.0 Å². The summed E-state index contributed by atoms with van der Waals surface area (Å²) >= 11 is 11.8. The average molecular weight is 232 g/mol. The van der Waals surface area contributed by atoms with Crippen molar-refractivity contribution in [1.29, 1.82) is 0 Å². The Bertz CT molecular complexity index is 299. The van der Waals surface area contributed by atoms with E-state index < -0.39 is 0 Å². The normalized spacial score (nSPS) is 12.9. The van der Waals surface area contributed by atoms with E-state index in [0.29, 0.717) is 16.5 Å². The number of halogens is 2. The Balaban J connectivity index is 2.62. The predicted octanol–water partition coefficient (Wildman–Crippen LogP) is 3.71. The molecule has 1 radical (unpaired) electrons. The van der Waals surface area contributed by atoms with Crippen molar-refractivity contribution in [3.8, 4) is 0 Å². The van der Waals surface area contributed by atoms with Crippen LogP contribution >= 0.6 is 23.2 Å². The zero-order valence-corrected chi connectivity index (χ0v) is 9.52. The van der Waals surface area contributed by atoms with Crippen LogP contribution in [0, 0.1) is 6.42 Å². The highest BCUT2D eigenvalue weighted by atomic mass is 35.5. The summed E-state index contributed by atoms with van der Waals surface area (Å²) in [5.74, 6) is 0. The summed E-state index contributed by atoms with van der Waals surface area (Å²) in [7, 11) is 0. The van der Waals surface area contributed by atoms with Gasteiger partial charge < -0.3 is 5.11 Å². The Kier molecular flexibility index (Phi) is 4.73. The van der Waals surface area contributed by atoms with Gasteiger partial charge in [0.15, 0.2) is 0 Å². The van der Waals surface area contributed by atoms with E-state index in [1.54, 1.807) is 18.2 Å². The molecule has 0 fully saturated rings. The Labute approximate surface area is 94.7 Å². The van der Waals surface area contributed by atoms with Gasteiger partial charge in [-0.25, -0.2) is 0 Å². The highest BCUT2D eigenvalue weighted by Crippen LogP contribution is 2.23. The van der Waals surface area contributed by atoms with Crippen LogP contribution in [0.3, 0.4) is 0 Å². The summed E-state index contributed by atoms with van der Waals surface area (Å²) in [5.41, 5.74) is 0.881. The molecule has 1 nitrogen and oxygen atoms in total. The number of hydrogen-bond acceptors (Lipinski definition) is 1. The van der Waals surface area contributed by atoms with Gasteiger partial charge in [-0.1, -0.05) is 30.1 Å². The van der Waals surface area contributed by atoms with E-state index in [1.807, 2.05) is 13.3 Å². The fraction of sp³-hybridized carbons (Fsp3) is 0.364. The zero-order valence-electron chi connectivity index (χ0n) is 8.00. The molecule has 0 amide bonds. The van der Waals surface area contributed by atoms with Crippen molar-refractivity contribution in [2.45, 2.75) is 25.9 Å². The SMILES string of the molecule is CCC(O)C[CH]c1cc(Cl)ccc1Cl. The molecule has 3 heteroatoms. The van der Waals surface area contributed by atoms with Crippen molar-refractivity contribution in [1.82, 2.24) is 0 Å². The molecule has 0 saturated carbocycles. The van der Waals surface area contributed by atoms with Crippen LogP contribution in [-0.2, 0) is 0 Å². The van der Waals surface area contributed by atoms with Crippen LogP contribution in [0.5, 0.6) is 0 Å². The van der Waals surface area contributed by atoms with Gasteiger partial charge in [0.2, 0.25) is 0 Å². The van der Waals surface area contributed by atoms with E-state index in [0.717, 1.165) is 12.0 Å². The maximum Gasteiger partial charge on any atom is 0.0543 e. The molecule has 0 spiro atoms. The molecule has 0 bridgehead atoms. The van der Waals surface area contributed by atoms with Crippen LogP contribution in [0.4, 0.5) is 0 Å². The summed E-state index contributed by atoms with van der Waals surface area (Å²) in [4.78, 5) is 0. The molecule has 1 N–H and O–H groups in total. The molecule has 0 aliphatic carbocycles. The highest BCUT2D eigenvalue weighted by molar-refractivity contribution is 6.33. The Hall–Kier alpha value is -0.240. The summed E-state index contributed by atoms with van der Waals surface area (Å²) in [6, 6.07) is 5.30. The first-order valence-electron chi connectivity index (χ1n) is 4.59. The fourth-order valence-corrected chi connectivity index (χ4v) is 1.48. The minimum atomic E-state index is -0.301. The molecule has 1 aromatic carbocycles. The smallest absolute Gasteiger partial charge is 0.0543 e. The highest BCUT2D eigenvalue weighted by Gasteiger charge is 2.05. The van der Waals surface area contributed by atoms with Crippen LogP contribution in [0.15, 0.2) is 18.2 Å². The van der Waals surface area contributed by atoms with Gasteiger partial charge in [0.25, 0.3) is 0 Å². The van der Waals surface area contributed by atoms with Gasteiger partial charge >= 0.3 is 0 Å². The fourth-order valence-electron chi connectivity index (χ4n) is 1.10. The van der Waals surface area contributed by atoms with E-state index >= 15 is 0 Å². The number of aliphatic hydroxyl groups excluding tert-OH is 1. The first-order valence-corrected chi connectivity index (χ1v) is 5.35. The Morgan fingerprint density at radius 1 is 1.43 bits per heavy atom. The van der Waals surface area contributed by atoms with Crippen LogP contribution in [-0.4, -0.2) is 11.2 Å². The van der Waals surface area contributed by atoms with Gasteiger partial charge in [0.05, 0.1) is 6.10 Å². The molecule has 0 aromatic heterocycles. The zero-order chi connectivity index (χ0) is 10.6. The summed E-state index contributed by atoms with van der Waals surface area (Å²) in [6.45, 7) is 1.94. The summed E-state index contributed by atoms with van der Waals surface area (Å²) in [6.07, 6.45) is 2.96. The van der Waals surface area contributed by atoms with E-state index in [4.69, 9.17) is 23.2 Å². The first kappa shape index (κ1) is 11.8. The molecule has 1 rings (SSSR count). The second-order valence-corrected chi connectivity index (χ2v) is 4.01. The largest absolute Gasteiger partial charge is 0.393 e. The Morgan fingerprint density at radius 3 is 2.79 bits per heavy atom. The van der Waals surface area contributed by atoms with E-state index in [9.17, 15) is 5.11 Å². The van der Waals surface area contributed by atoms with Gasteiger partial charge in [-0.2, -0.15) is 0 Å². The molecule has 1 atom stereocenters. The van der Waals surface area contributed by atoms with Gasteiger partial charge in [-0.3, -0.25) is 0 Å². The average Bonchev–Trinajstić information content (AvgIpc) is 2.19. The molecule has 0 heterocycles. The molecule has 0 aliphatic rings. The van der Waals surface area contributed by atoms with E-state index in [2.05, 4.69) is 0 Å². The van der Waals surface area contributed by atoms with Crippen LogP contribution in [0.25, 0.3) is 0 Å². The lowest BCUT2D eigenvalue weighted by Crippen LogP contribution is -2.04. The third-order valence-corrected chi connectivity index (χ3v) is 2.62. The molecule has 1 aromatic rings. The molecular formula is C11H13Cl2O. The molecule has 0 aliphatic heterocycles. The lowest BCUT2D eigenvalue weighted by Gasteiger charge is -2.08. The standard InChI is InChI=1S/C11H13Cl2O/c1-2-10(14)5-3-8-7-9(12)4-6-11(8)13/h3-4,6-7,10,14H,2,5H2,1H3. The molecule has 0 saturated heterocycles. The van der Waals surface area contributed by atoms with Crippen molar-refractivity contribution in [2.24, 2.45) is 0 Å². The van der Waals surface area contributed by atoms with E-state index in [-0.39, 0.29) is 6.10 Å². The summed E-state index contributed by atoms with van der Waals surface area (Å²) in [5, 5.41) is 10.7. The monoisotopic (exact) mass is 231 g/mol. The van der Waals surface area contributed by atoms with Crippen LogP contribution in [0.1, 0.15) is 25.3 Å². The number of benzene rings is 1. The van der Waals surface area contributed by atoms with Crippen molar-refractivity contribution >= 4 is 23.2 Å². The lowest BCUT2D eigenvalue weighted by atomic mass is 10.1. The maximum atomic E-state index is 9.37. The number of aliphatic hydroxyl groups is 1. The Morgan fingerprint density at radius 2 is 2.14 bits per heavy atom. The van der Waals surface area contributed by atoms with Crippen LogP contribution < -0.4 is 0 Å². The van der Waals surface area contributed by atoms with Crippen molar-refractivity contribution in [2.75, 3.05) is 0 Å². The maximum absolute atomic E-state index is 9.37. The third-order valence-electron chi connectivity index (χ3n) is 2.04. The molecule has 14 heavy (non-hydrogen) atoms. The van der Waals surface area contributed by atoms with Gasteiger partial charge in [0.1, 0.15) is 0 Å². The summed E-state index contributed by atoms with van der Waals surface area (Å²) < 4.78 is 0. The minimum absolute atomic E-state index is 0.301. The van der Waals surface area contributed by atoms with Crippen LogP contribution in [0.2, 0.25) is 10.0 Å². The number of hydrogen-bond donors (Lipinski definition) is 1. The second kappa shape index (κ2) is 5.59. The van der Waals surface area contributed by atoms with Crippen molar-refractivity contribution < 1.29 is 5.11 Å². The second-order valence-electron chi connectivity index (χ2n) is 3.17. The third kappa shape index (κ3) is 3.49. The van der Waals surface area contributed by atoms with Crippen molar-refractivity contribution in [3.63, 3.8) is 0 Å². The first-order chi connectivity index (χ1) is 6.63. The van der Waals surface area contributed by atoms with E-state index in [1.165, 1.54) is 0 Å². The van der Waals surface area contributed by atoms with Gasteiger partial charge in [-0.15, -0.1) is 0 Å². The molecular weight excluding hydrogens is 219 g/mol. The molecule has 1 unspecified atom stereocenters. The number of rotatable bonds is 4. The topological polar surface area (TPSA) is 20.2 Å².